The Kier molecular flexibility index (Phi) is 6.88. The summed E-state index contributed by atoms with van der Waals surface area (Å²) in [7, 11) is 0. The first kappa shape index (κ1) is 24.4. The molecule has 0 amide bonds. The van der Waals surface area contributed by atoms with Gasteiger partial charge in [0.1, 0.15) is 23.1 Å². The highest BCUT2D eigenvalue weighted by Gasteiger charge is 2.36. The highest BCUT2D eigenvalue weighted by atomic mass is 35.5. The third-order valence-electron chi connectivity index (χ3n) is 5.19. The number of pyridine rings is 1. The molecular formula is C26H15Cl2F3N2O2. The van der Waals surface area contributed by atoms with Crippen LogP contribution in [-0.4, -0.2) is 4.57 Å². The maximum atomic E-state index is 13.7. The topological polar surface area (TPSA) is 55.0 Å². The monoisotopic (exact) mass is 514 g/mol. The molecular weight excluding hydrogens is 500 g/mol. The number of halogens is 5. The number of hydrogen-bond donors (Lipinski definition) is 0. The molecule has 1 heterocycles. The summed E-state index contributed by atoms with van der Waals surface area (Å²) in [5, 5.41) is 9.96. The Morgan fingerprint density at radius 3 is 2.17 bits per heavy atom. The molecule has 0 atom stereocenters. The molecule has 3 aromatic carbocycles. The van der Waals surface area contributed by atoms with Crippen LogP contribution >= 0.6 is 23.2 Å². The first-order chi connectivity index (χ1) is 16.7. The number of aromatic nitrogens is 1. The molecule has 0 bridgehead atoms. The van der Waals surface area contributed by atoms with Crippen LogP contribution in [0.1, 0.15) is 16.7 Å². The van der Waals surface area contributed by atoms with Crippen LogP contribution in [0.25, 0.3) is 11.3 Å². The summed E-state index contributed by atoms with van der Waals surface area (Å²) in [5.74, 6) is 1.05. The van der Waals surface area contributed by atoms with Crippen molar-refractivity contribution in [2.45, 2.75) is 12.7 Å². The molecule has 1 aromatic heterocycles. The number of ether oxygens (including phenoxy) is 1. The minimum atomic E-state index is -4.90. The molecule has 0 aliphatic rings. The average Bonchev–Trinajstić information content (AvgIpc) is 2.82. The highest BCUT2D eigenvalue weighted by Crippen LogP contribution is 2.35. The number of nitrogens with zero attached hydrogens (tertiary/aromatic N) is 2. The van der Waals surface area contributed by atoms with Crippen LogP contribution in [0, 0.1) is 11.3 Å². The summed E-state index contributed by atoms with van der Waals surface area (Å²) < 4.78 is 48.0. The Morgan fingerprint density at radius 1 is 0.914 bits per heavy atom. The lowest BCUT2D eigenvalue weighted by Crippen LogP contribution is -2.28. The molecule has 0 fully saturated rings. The zero-order valence-corrected chi connectivity index (χ0v) is 19.3. The lowest BCUT2D eigenvalue weighted by Gasteiger charge is -2.18. The Morgan fingerprint density at radius 2 is 1.57 bits per heavy atom. The fourth-order valence-corrected chi connectivity index (χ4v) is 3.98. The van der Waals surface area contributed by atoms with Gasteiger partial charge >= 0.3 is 6.18 Å². The lowest BCUT2D eigenvalue weighted by atomic mass is 10.0. The van der Waals surface area contributed by atoms with Crippen LogP contribution in [0.5, 0.6) is 11.5 Å². The highest BCUT2D eigenvalue weighted by molar-refractivity contribution is 6.35. The molecule has 0 aliphatic carbocycles. The maximum absolute atomic E-state index is 13.7. The molecule has 0 radical (unpaired) electrons. The van der Waals surface area contributed by atoms with Gasteiger partial charge in [-0.2, -0.15) is 18.4 Å². The van der Waals surface area contributed by atoms with E-state index in [9.17, 15) is 23.2 Å². The molecule has 0 saturated heterocycles. The van der Waals surface area contributed by atoms with E-state index in [1.807, 2.05) is 6.07 Å². The first-order valence-corrected chi connectivity index (χ1v) is 11.0. The second-order valence-corrected chi connectivity index (χ2v) is 8.34. The van der Waals surface area contributed by atoms with Gasteiger partial charge in [0.05, 0.1) is 17.8 Å². The van der Waals surface area contributed by atoms with Crippen molar-refractivity contribution in [1.82, 2.24) is 4.57 Å². The molecule has 0 N–H and O–H groups in total. The predicted molar refractivity (Wildman–Crippen MR) is 128 cm³/mol. The van der Waals surface area contributed by atoms with Crippen LogP contribution in [0.15, 0.2) is 83.7 Å². The minimum Gasteiger partial charge on any atom is -0.457 e. The number of alkyl halides is 3. The third-order valence-corrected chi connectivity index (χ3v) is 5.78. The van der Waals surface area contributed by atoms with E-state index in [0.29, 0.717) is 27.6 Å². The van der Waals surface area contributed by atoms with Crippen molar-refractivity contribution in [1.29, 1.82) is 5.26 Å². The first-order valence-electron chi connectivity index (χ1n) is 10.2. The van der Waals surface area contributed by atoms with Crippen molar-refractivity contribution in [3.05, 3.63) is 116 Å². The summed E-state index contributed by atoms with van der Waals surface area (Å²) >= 11 is 12.2. The SMILES string of the molecule is N#Cc1c(C(F)(F)F)cc(-c2ccc(Oc3ccccc3)cc2)n(Cc2ccc(Cl)cc2Cl)c1=O. The van der Waals surface area contributed by atoms with E-state index in [2.05, 4.69) is 0 Å². The van der Waals surface area contributed by atoms with Gasteiger partial charge in [0.25, 0.3) is 5.56 Å². The number of nitriles is 1. The number of hydrogen-bond acceptors (Lipinski definition) is 3. The molecule has 35 heavy (non-hydrogen) atoms. The number of benzene rings is 3. The van der Waals surface area contributed by atoms with Crippen molar-refractivity contribution in [2.75, 3.05) is 0 Å². The number of rotatable bonds is 5. The van der Waals surface area contributed by atoms with Crippen molar-refractivity contribution >= 4 is 23.2 Å². The van der Waals surface area contributed by atoms with Gasteiger partial charge in [0.2, 0.25) is 0 Å². The van der Waals surface area contributed by atoms with E-state index in [0.717, 1.165) is 10.6 Å². The van der Waals surface area contributed by atoms with Gasteiger partial charge in [-0.1, -0.05) is 47.5 Å². The fourth-order valence-electron chi connectivity index (χ4n) is 3.51. The normalized spacial score (nSPS) is 11.2. The van der Waals surface area contributed by atoms with Crippen LogP contribution in [0.4, 0.5) is 13.2 Å². The molecule has 0 spiro atoms. The van der Waals surface area contributed by atoms with Crippen molar-refractivity contribution in [3.63, 3.8) is 0 Å². The molecule has 0 aliphatic heterocycles. The smallest absolute Gasteiger partial charge is 0.417 e. The van der Waals surface area contributed by atoms with E-state index >= 15 is 0 Å². The van der Waals surface area contributed by atoms with E-state index in [4.69, 9.17) is 27.9 Å². The largest absolute Gasteiger partial charge is 0.457 e. The molecule has 4 aromatic rings. The van der Waals surface area contributed by atoms with E-state index in [1.54, 1.807) is 60.7 Å². The van der Waals surface area contributed by atoms with Crippen LogP contribution in [-0.2, 0) is 12.7 Å². The van der Waals surface area contributed by atoms with Crippen molar-refractivity contribution in [3.8, 4) is 28.8 Å². The van der Waals surface area contributed by atoms with Gasteiger partial charge in [-0.3, -0.25) is 4.79 Å². The summed E-state index contributed by atoms with van der Waals surface area (Å²) in [5.41, 5.74) is -2.63. The lowest BCUT2D eigenvalue weighted by molar-refractivity contribution is -0.137. The van der Waals surface area contributed by atoms with Crippen LogP contribution < -0.4 is 10.3 Å². The summed E-state index contributed by atoms with van der Waals surface area (Å²) in [6, 6.07) is 22.0. The Hall–Kier alpha value is -3.73. The fraction of sp³-hybridized carbons (Fsp3) is 0.0769. The van der Waals surface area contributed by atoms with Crippen molar-refractivity contribution in [2.24, 2.45) is 0 Å². The standard InChI is InChI=1S/C26H15Cl2F3N2O2/c27-18-9-6-17(23(28)12-18)15-33-24(13-22(26(29,30)31)21(14-32)25(33)34)16-7-10-20(11-8-16)35-19-4-2-1-3-5-19/h1-13H,15H2. The van der Waals surface area contributed by atoms with Crippen molar-refractivity contribution < 1.29 is 17.9 Å². The van der Waals surface area contributed by atoms with Gasteiger partial charge in [-0.25, -0.2) is 0 Å². The zero-order valence-electron chi connectivity index (χ0n) is 17.8. The Bertz CT molecular complexity index is 1480. The molecule has 9 heteroatoms. The van der Waals surface area contributed by atoms with E-state index in [-0.39, 0.29) is 17.3 Å². The molecule has 0 unspecified atom stereocenters. The van der Waals surface area contributed by atoms with Gasteiger partial charge < -0.3 is 9.30 Å². The quantitative estimate of drug-likeness (QED) is 0.276. The Balaban J connectivity index is 1.84. The molecule has 4 nitrogen and oxygen atoms in total. The van der Waals surface area contributed by atoms with Gasteiger partial charge in [-0.05, 0) is 65.7 Å². The average molecular weight is 515 g/mol. The molecule has 4 rings (SSSR count). The van der Waals surface area contributed by atoms with Gasteiger partial charge in [0.15, 0.2) is 0 Å². The second-order valence-electron chi connectivity index (χ2n) is 7.49. The third kappa shape index (κ3) is 5.35. The summed E-state index contributed by atoms with van der Waals surface area (Å²) in [6.07, 6.45) is -4.90. The van der Waals surface area contributed by atoms with Crippen LogP contribution in [0.2, 0.25) is 10.0 Å². The summed E-state index contributed by atoms with van der Waals surface area (Å²) in [4.78, 5) is 13.1. The van der Waals surface area contributed by atoms with Crippen LogP contribution in [0.3, 0.4) is 0 Å². The minimum absolute atomic E-state index is 0.0291. The van der Waals surface area contributed by atoms with E-state index < -0.39 is 22.9 Å². The predicted octanol–water partition coefficient (Wildman–Crippen LogP) is 7.55. The van der Waals surface area contributed by atoms with Gasteiger partial charge in [0, 0.05) is 10.0 Å². The molecule has 176 valence electrons. The summed E-state index contributed by atoms with van der Waals surface area (Å²) in [6.45, 7) is -0.167. The molecule has 0 saturated carbocycles. The zero-order chi connectivity index (χ0) is 25.2. The number of para-hydroxylation sites is 1. The van der Waals surface area contributed by atoms with Gasteiger partial charge in [-0.15, -0.1) is 0 Å². The van der Waals surface area contributed by atoms with E-state index in [1.165, 1.54) is 12.1 Å². The Labute approximate surface area is 208 Å². The second kappa shape index (κ2) is 9.87. The maximum Gasteiger partial charge on any atom is 0.417 e.